The molecule has 0 atom stereocenters. The molecular weight excluding hydrogens is 172 g/mol. The fourth-order valence-electron chi connectivity index (χ4n) is 1.62. The molecule has 1 aromatic carbocycles. The summed E-state index contributed by atoms with van der Waals surface area (Å²) in [5.41, 5.74) is 4.39. The Kier molecular flexibility index (Phi) is 2.27. The molecule has 0 aliphatic carbocycles. The van der Waals surface area contributed by atoms with E-state index in [1.165, 1.54) is 5.56 Å². The monoisotopic (exact) mass is 184 g/mol. The minimum Gasteiger partial charge on any atom is -0.241 e. The van der Waals surface area contributed by atoms with Crippen molar-refractivity contribution < 1.29 is 0 Å². The lowest BCUT2D eigenvalue weighted by atomic mass is 10.0. The molecule has 0 unspecified atom stereocenters. The van der Waals surface area contributed by atoms with E-state index in [9.17, 15) is 0 Å². The molecule has 0 radical (unpaired) electrons. The van der Waals surface area contributed by atoms with Crippen LogP contribution in [0.15, 0.2) is 36.7 Å². The van der Waals surface area contributed by atoms with E-state index in [1.54, 1.807) is 6.33 Å². The van der Waals surface area contributed by atoms with Gasteiger partial charge in [0.25, 0.3) is 0 Å². The molecule has 0 aliphatic heterocycles. The van der Waals surface area contributed by atoms with Crippen LogP contribution < -0.4 is 0 Å². The van der Waals surface area contributed by atoms with Gasteiger partial charge in [0.1, 0.15) is 6.33 Å². The van der Waals surface area contributed by atoms with Crippen LogP contribution >= 0.6 is 0 Å². The summed E-state index contributed by atoms with van der Waals surface area (Å²) in [5.74, 6) is 0. The quantitative estimate of drug-likeness (QED) is 0.681. The van der Waals surface area contributed by atoms with Crippen LogP contribution in [0.2, 0.25) is 0 Å². The van der Waals surface area contributed by atoms with E-state index in [2.05, 4.69) is 22.1 Å². The normalized spacial score (nSPS) is 10.1. The summed E-state index contributed by atoms with van der Waals surface area (Å²) >= 11 is 0. The van der Waals surface area contributed by atoms with Crippen LogP contribution in [0.4, 0.5) is 0 Å². The van der Waals surface area contributed by atoms with Gasteiger partial charge in [0, 0.05) is 17.0 Å². The van der Waals surface area contributed by atoms with Gasteiger partial charge in [-0.25, -0.2) is 9.97 Å². The first-order valence-electron chi connectivity index (χ1n) is 4.62. The molecule has 0 bridgehead atoms. The zero-order chi connectivity index (χ0) is 9.97. The lowest BCUT2D eigenvalue weighted by molar-refractivity contribution is 1.06. The Balaban J connectivity index is 2.63. The SMILES string of the molecule is Cc1ncnc(C)c1-c1ccccc1. The van der Waals surface area contributed by atoms with Crippen molar-refractivity contribution in [1.82, 2.24) is 9.97 Å². The van der Waals surface area contributed by atoms with Gasteiger partial charge in [-0.15, -0.1) is 0 Å². The summed E-state index contributed by atoms with van der Waals surface area (Å²) in [6.45, 7) is 4.02. The molecule has 2 nitrogen and oxygen atoms in total. The second-order valence-corrected chi connectivity index (χ2v) is 3.29. The van der Waals surface area contributed by atoms with E-state index in [1.807, 2.05) is 32.0 Å². The maximum Gasteiger partial charge on any atom is 0.115 e. The highest BCUT2D eigenvalue weighted by Gasteiger charge is 2.05. The topological polar surface area (TPSA) is 25.8 Å². The largest absolute Gasteiger partial charge is 0.241 e. The average molecular weight is 184 g/mol. The summed E-state index contributed by atoms with van der Waals surface area (Å²) < 4.78 is 0. The van der Waals surface area contributed by atoms with Crippen LogP contribution in [0.3, 0.4) is 0 Å². The number of aromatic nitrogens is 2. The third-order valence-corrected chi connectivity index (χ3v) is 2.29. The standard InChI is InChI=1S/C12H12N2/c1-9-12(10(2)14-8-13-9)11-6-4-3-5-7-11/h3-8H,1-2H3. The second-order valence-electron chi connectivity index (χ2n) is 3.29. The van der Waals surface area contributed by atoms with Crippen LogP contribution in [0, 0.1) is 13.8 Å². The number of hydrogen-bond acceptors (Lipinski definition) is 2. The van der Waals surface area contributed by atoms with Crippen molar-refractivity contribution in [3.8, 4) is 11.1 Å². The minimum atomic E-state index is 1.03. The molecule has 2 heteroatoms. The lowest BCUT2D eigenvalue weighted by Crippen LogP contribution is -1.94. The molecule has 2 aromatic rings. The van der Waals surface area contributed by atoms with Gasteiger partial charge in [0.15, 0.2) is 0 Å². The first kappa shape index (κ1) is 8.88. The van der Waals surface area contributed by atoms with Gasteiger partial charge in [-0.1, -0.05) is 30.3 Å². The molecular formula is C12H12N2. The zero-order valence-corrected chi connectivity index (χ0v) is 8.36. The van der Waals surface area contributed by atoms with Gasteiger partial charge < -0.3 is 0 Å². The predicted molar refractivity (Wildman–Crippen MR) is 56.9 cm³/mol. The van der Waals surface area contributed by atoms with E-state index in [4.69, 9.17) is 0 Å². The third-order valence-electron chi connectivity index (χ3n) is 2.29. The van der Waals surface area contributed by atoms with E-state index in [0.29, 0.717) is 0 Å². The highest BCUT2D eigenvalue weighted by Crippen LogP contribution is 2.23. The fourth-order valence-corrected chi connectivity index (χ4v) is 1.62. The summed E-state index contributed by atoms with van der Waals surface area (Å²) in [6.07, 6.45) is 1.61. The molecule has 0 aliphatic rings. The maximum absolute atomic E-state index is 4.21. The fraction of sp³-hybridized carbons (Fsp3) is 0.167. The Morgan fingerprint density at radius 1 is 0.857 bits per heavy atom. The molecule has 1 aromatic heterocycles. The van der Waals surface area contributed by atoms with Crippen molar-refractivity contribution in [2.45, 2.75) is 13.8 Å². The Morgan fingerprint density at radius 3 is 2.00 bits per heavy atom. The van der Waals surface area contributed by atoms with Crippen molar-refractivity contribution >= 4 is 0 Å². The van der Waals surface area contributed by atoms with Gasteiger partial charge in [-0.3, -0.25) is 0 Å². The smallest absolute Gasteiger partial charge is 0.115 e. The Morgan fingerprint density at radius 2 is 1.43 bits per heavy atom. The van der Waals surface area contributed by atoms with Gasteiger partial charge in [-0.2, -0.15) is 0 Å². The number of aryl methyl sites for hydroxylation is 2. The van der Waals surface area contributed by atoms with Crippen LogP contribution in [-0.4, -0.2) is 9.97 Å². The Hall–Kier alpha value is -1.70. The molecule has 0 saturated carbocycles. The number of nitrogens with zero attached hydrogens (tertiary/aromatic N) is 2. The Bertz CT molecular complexity index is 415. The Labute approximate surface area is 83.7 Å². The van der Waals surface area contributed by atoms with Crippen molar-refractivity contribution in [3.63, 3.8) is 0 Å². The number of rotatable bonds is 1. The molecule has 14 heavy (non-hydrogen) atoms. The van der Waals surface area contributed by atoms with Gasteiger partial charge in [-0.05, 0) is 19.4 Å². The lowest BCUT2D eigenvalue weighted by Gasteiger charge is -2.07. The van der Waals surface area contributed by atoms with Crippen molar-refractivity contribution in [1.29, 1.82) is 0 Å². The molecule has 1 heterocycles. The van der Waals surface area contributed by atoms with Crippen molar-refractivity contribution in [2.24, 2.45) is 0 Å². The van der Waals surface area contributed by atoms with E-state index in [0.717, 1.165) is 17.0 Å². The van der Waals surface area contributed by atoms with Gasteiger partial charge in [0.05, 0.1) is 0 Å². The molecule has 0 saturated heterocycles. The first-order valence-corrected chi connectivity index (χ1v) is 4.62. The second kappa shape index (κ2) is 3.58. The molecule has 70 valence electrons. The van der Waals surface area contributed by atoms with Gasteiger partial charge in [0.2, 0.25) is 0 Å². The zero-order valence-electron chi connectivity index (χ0n) is 8.36. The molecule has 0 fully saturated rings. The summed E-state index contributed by atoms with van der Waals surface area (Å²) in [5, 5.41) is 0. The highest BCUT2D eigenvalue weighted by atomic mass is 14.8. The first-order chi connectivity index (χ1) is 6.79. The third kappa shape index (κ3) is 1.51. The van der Waals surface area contributed by atoms with Crippen LogP contribution in [0.1, 0.15) is 11.4 Å². The van der Waals surface area contributed by atoms with E-state index < -0.39 is 0 Å². The van der Waals surface area contributed by atoms with Crippen LogP contribution in [0.25, 0.3) is 11.1 Å². The highest BCUT2D eigenvalue weighted by molar-refractivity contribution is 5.67. The van der Waals surface area contributed by atoms with Crippen LogP contribution in [-0.2, 0) is 0 Å². The van der Waals surface area contributed by atoms with Crippen molar-refractivity contribution in [2.75, 3.05) is 0 Å². The van der Waals surface area contributed by atoms with Gasteiger partial charge >= 0.3 is 0 Å². The summed E-state index contributed by atoms with van der Waals surface area (Å²) in [6, 6.07) is 10.2. The summed E-state index contributed by atoms with van der Waals surface area (Å²) in [7, 11) is 0. The summed E-state index contributed by atoms with van der Waals surface area (Å²) in [4.78, 5) is 8.41. The van der Waals surface area contributed by atoms with Crippen LogP contribution in [0.5, 0.6) is 0 Å². The van der Waals surface area contributed by atoms with E-state index in [-0.39, 0.29) is 0 Å². The number of benzene rings is 1. The van der Waals surface area contributed by atoms with E-state index >= 15 is 0 Å². The molecule has 2 rings (SSSR count). The number of hydrogen-bond donors (Lipinski definition) is 0. The predicted octanol–water partition coefficient (Wildman–Crippen LogP) is 2.76. The average Bonchev–Trinajstić information content (AvgIpc) is 2.19. The molecule has 0 spiro atoms. The molecule has 0 amide bonds. The van der Waals surface area contributed by atoms with Crippen molar-refractivity contribution in [3.05, 3.63) is 48.0 Å². The minimum absolute atomic E-state index is 1.03. The maximum atomic E-state index is 4.21. The molecule has 0 N–H and O–H groups in total.